The van der Waals surface area contributed by atoms with Crippen molar-refractivity contribution in [2.45, 2.75) is 39.7 Å². The highest BCUT2D eigenvalue weighted by Gasteiger charge is 2.16. The lowest BCUT2D eigenvalue weighted by Gasteiger charge is -2.18. The van der Waals surface area contributed by atoms with E-state index >= 15 is 0 Å². The van der Waals surface area contributed by atoms with Gasteiger partial charge in [-0.3, -0.25) is 16.0 Å². The van der Waals surface area contributed by atoms with Gasteiger partial charge < -0.3 is 0 Å². The number of rotatable bonds is 5. The number of nitrogens with one attached hydrogen (secondary N) is 1. The van der Waals surface area contributed by atoms with E-state index in [1.165, 1.54) is 5.69 Å². The molecular formula is C11H21BrN4. The average molecular weight is 289 g/mol. The van der Waals surface area contributed by atoms with E-state index in [4.69, 9.17) is 5.84 Å². The Morgan fingerprint density at radius 2 is 2.12 bits per heavy atom. The van der Waals surface area contributed by atoms with Crippen molar-refractivity contribution in [3.05, 3.63) is 15.9 Å². The summed E-state index contributed by atoms with van der Waals surface area (Å²) in [5.74, 6) is 6.21. The van der Waals surface area contributed by atoms with Crippen molar-refractivity contribution in [1.82, 2.24) is 15.2 Å². The van der Waals surface area contributed by atoms with E-state index in [0.29, 0.717) is 12.0 Å². The molecule has 1 aromatic rings. The van der Waals surface area contributed by atoms with Crippen LogP contribution in [0.3, 0.4) is 0 Å². The average Bonchev–Trinajstić information content (AvgIpc) is 2.43. The zero-order chi connectivity index (χ0) is 12.3. The molecule has 92 valence electrons. The number of aryl methyl sites for hydroxylation is 2. The number of hydrogen-bond acceptors (Lipinski definition) is 3. The van der Waals surface area contributed by atoms with E-state index < -0.39 is 0 Å². The molecule has 0 spiro atoms. The maximum absolute atomic E-state index is 5.58. The Morgan fingerprint density at radius 3 is 2.50 bits per heavy atom. The molecule has 16 heavy (non-hydrogen) atoms. The smallest absolute Gasteiger partial charge is 0.0738 e. The summed E-state index contributed by atoms with van der Waals surface area (Å²) >= 11 is 3.57. The van der Waals surface area contributed by atoms with Gasteiger partial charge in [0.15, 0.2) is 0 Å². The van der Waals surface area contributed by atoms with Crippen molar-refractivity contribution in [2.75, 3.05) is 0 Å². The highest BCUT2D eigenvalue weighted by Crippen LogP contribution is 2.22. The lowest BCUT2D eigenvalue weighted by Crippen LogP contribution is -2.38. The molecule has 1 atom stereocenters. The van der Waals surface area contributed by atoms with Crippen molar-refractivity contribution in [3.8, 4) is 0 Å². The quantitative estimate of drug-likeness (QED) is 0.643. The van der Waals surface area contributed by atoms with E-state index in [-0.39, 0.29) is 0 Å². The molecule has 1 heterocycles. The summed E-state index contributed by atoms with van der Waals surface area (Å²) < 4.78 is 3.02. The summed E-state index contributed by atoms with van der Waals surface area (Å²) in [5, 5.41) is 4.38. The summed E-state index contributed by atoms with van der Waals surface area (Å²) in [5.41, 5.74) is 5.10. The Balaban J connectivity index is 2.77. The SMILES string of the molecule is Cc1nn(C)c(CC(CC(C)C)NN)c1Br. The van der Waals surface area contributed by atoms with Crippen LogP contribution in [0.2, 0.25) is 0 Å². The summed E-state index contributed by atoms with van der Waals surface area (Å²) in [6, 6.07) is 0.297. The first-order chi connectivity index (χ1) is 7.45. The van der Waals surface area contributed by atoms with Gasteiger partial charge in [0.1, 0.15) is 0 Å². The molecule has 1 rings (SSSR count). The molecule has 5 heteroatoms. The van der Waals surface area contributed by atoms with Gasteiger partial charge >= 0.3 is 0 Å². The molecule has 0 bridgehead atoms. The monoisotopic (exact) mass is 288 g/mol. The highest BCUT2D eigenvalue weighted by molar-refractivity contribution is 9.10. The lowest BCUT2D eigenvalue weighted by atomic mass is 10.0. The van der Waals surface area contributed by atoms with Gasteiger partial charge in [0.05, 0.1) is 15.9 Å². The number of nitrogens with zero attached hydrogens (tertiary/aromatic N) is 2. The molecule has 1 unspecified atom stereocenters. The maximum atomic E-state index is 5.58. The van der Waals surface area contributed by atoms with Gasteiger partial charge in [0, 0.05) is 19.5 Å². The summed E-state index contributed by atoms with van der Waals surface area (Å²) in [4.78, 5) is 0. The predicted octanol–water partition coefficient (Wildman–Crippen LogP) is 1.91. The van der Waals surface area contributed by atoms with Crippen molar-refractivity contribution in [2.24, 2.45) is 18.8 Å². The van der Waals surface area contributed by atoms with Gasteiger partial charge in [0.25, 0.3) is 0 Å². The second-order valence-electron chi connectivity index (χ2n) is 4.67. The Hall–Kier alpha value is -0.390. The van der Waals surface area contributed by atoms with Crippen LogP contribution in [0.15, 0.2) is 4.47 Å². The van der Waals surface area contributed by atoms with Gasteiger partial charge in [-0.1, -0.05) is 13.8 Å². The van der Waals surface area contributed by atoms with E-state index in [1.807, 2.05) is 18.7 Å². The molecule has 0 saturated carbocycles. The normalized spacial score (nSPS) is 13.4. The lowest BCUT2D eigenvalue weighted by molar-refractivity contribution is 0.415. The fourth-order valence-corrected chi connectivity index (χ4v) is 2.41. The Labute approximate surface area is 106 Å². The van der Waals surface area contributed by atoms with Crippen LogP contribution in [0.5, 0.6) is 0 Å². The maximum Gasteiger partial charge on any atom is 0.0738 e. The van der Waals surface area contributed by atoms with Crippen molar-refractivity contribution in [1.29, 1.82) is 0 Å². The number of aromatic nitrogens is 2. The van der Waals surface area contributed by atoms with E-state index in [9.17, 15) is 0 Å². The zero-order valence-corrected chi connectivity index (χ0v) is 12.0. The second-order valence-corrected chi connectivity index (χ2v) is 5.46. The third-order valence-corrected chi connectivity index (χ3v) is 3.72. The molecule has 3 N–H and O–H groups in total. The Bertz CT molecular complexity index is 346. The number of halogens is 1. The van der Waals surface area contributed by atoms with Crippen LogP contribution < -0.4 is 11.3 Å². The molecule has 0 aliphatic rings. The Kier molecular flexibility index (Phi) is 4.95. The fourth-order valence-electron chi connectivity index (χ4n) is 1.91. The summed E-state index contributed by atoms with van der Waals surface area (Å²) in [7, 11) is 1.97. The van der Waals surface area contributed by atoms with Crippen LogP contribution in [0.4, 0.5) is 0 Å². The molecule has 0 amide bonds. The topological polar surface area (TPSA) is 55.9 Å². The third kappa shape index (κ3) is 3.30. The van der Waals surface area contributed by atoms with E-state index in [2.05, 4.69) is 40.3 Å². The van der Waals surface area contributed by atoms with Crippen LogP contribution in [0, 0.1) is 12.8 Å². The summed E-state index contributed by atoms with van der Waals surface area (Å²) in [6.45, 7) is 6.41. The fraction of sp³-hybridized carbons (Fsp3) is 0.727. The Morgan fingerprint density at radius 1 is 1.50 bits per heavy atom. The third-order valence-electron chi connectivity index (χ3n) is 2.69. The largest absolute Gasteiger partial charge is 0.271 e. The predicted molar refractivity (Wildman–Crippen MR) is 69.9 cm³/mol. The summed E-state index contributed by atoms with van der Waals surface area (Å²) in [6.07, 6.45) is 1.96. The van der Waals surface area contributed by atoms with Crippen LogP contribution in [0.1, 0.15) is 31.7 Å². The van der Waals surface area contributed by atoms with Crippen molar-refractivity contribution in [3.63, 3.8) is 0 Å². The van der Waals surface area contributed by atoms with Gasteiger partial charge in [-0.05, 0) is 35.2 Å². The zero-order valence-electron chi connectivity index (χ0n) is 10.4. The van der Waals surface area contributed by atoms with Crippen LogP contribution in [-0.2, 0) is 13.5 Å². The second kappa shape index (κ2) is 5.80. The number of hydrazine groups is 1. The standard InChI is InChI=1S/C11H21BrN4/c1-7(2)5-9(14-13)6-10-11(12)8(3)15-16(10)4/h7,9,14H,5-6,13H2,1-4H3. The van der Waals surface area contributed by atoms with Gasteiger partial charge in [-0.25, -0.2) is 0 Å². The van der Waals surface area contributed by atoms with Gasteiger partial charge in [-0.2, -0.15) is 5.10 Å². The minimum absolute atomic E-state index is 0.297. The van der Waals surface area contributed by atoms with Gasteiger partial charge in [-0.15, -0.1) is 0 Å². The molecule has 0 fully saturated rings. The van der Waals surface area contributed by atoms with Crippen molar-refractivity contribution < 1.29 is 0 Å². The molecule has 0 aliphatic carbocycles. The van der Waals surface area contributed by atoms with E-state index in [0.717, 1.165) is 23.0 Å². The van der Waals surface area contributed by atoms with Crippen LogP contribution >= 0.6 is 15.9 Å². The minimum atomic E-state index is 0.297. The molecule has 4 nitrogen and oxygen atoms in total. The number of hydrogen-bond donors (Lipinski definition) is 2. The van der Waals surface area contributed by atoms with Crippen LogP contribution in [-0.4, -0.2) is 15.8 Å². The van der Waals surface area contributed by atoms with Crippen LogP contribution in [0.25, 0.3) is 0 Å². The number of nitrogens with two attached hydrogens (primary N) is 1. The first kappa shape index (κ1) is 13.7. The minimum Gasteiger partial charge on any atom is -0.271 e. The highest BCUT2D eigenvalue weighted by atomic mass is 79.9. The molecular weight excluding hydrogens is 268 g/mol. The first-order valence-electron chi connectivity index (χ1n) is 5.59. The van der Waals surface area contributed by atoms with Crippen molar-refractivity contribution >= 4 is 15.9 Å². The molecule has 1 aromatic heterocycles. The molecule has 0 aromatic carbocycles. The first-order valence-corrected chi connectivity index (χ1v) is 6.39. The van der Waals surface area contributed by atoms with Gasteiger partial charge in [0.2, 0.25) is 0 Å². The molecule has 0 saturated heterocycles. The van der Waals surface area contributed by atoms with E-state index in [1.54, 1.807) is 0 Å². The molecule has 0 aliphatic heterocycles. The molecule has 0 radical (unpaired) electrons.